The molecular weight excluding hydrogens is 325 g/mol. The maximum absolute atomic E-state index is 12.5. The van der Waals surface area contributed by atoms with Gasteiger partial charge in [0, 0.05) is 12.2 Å². The second-order valence-corrected chi connectivity index (χ2v) is 5.76. The molecule has 5 nitrogen and oxygen atoms in total. The fraction of sp³-hybridized carbons (Fsp3) is 0.500. The Labute approximate surface area is 138 Å². The Hall–Kier alpha value is -2.09. The Bertz CT molecular complexity index is 574. The molecule has 1 unspecified atom stereocenters. The van der Waals surface area contributed by atoms with Crippen molar-refractivity contribution in [2.24, 2.45) is 5.92 Å². The normalized spacial score (nSPS) is 12.8. The number of halogens is 3. The molecule has 0 aliphatic rings. The molecule has 0 fully saturated rings. The number of rotatable bonds is 6. The fourth-order valence-electron chi connectivity index (χ4n) is 1.94. The van der Waals surface area contributed by atoms with Gasteiger partial charge >= 0.3 is 18.0 Å². The minimum absolute atomic E-state index is 0.0185. The number of nitrogens with one attached hydrogen (secondary N) is 2. The summed E-state index contributed by atoms with van der Waals surface area (Å²) in [5.74, 6) is -2.00. The molecule has 0 aliphatic carbocycles. The van der Waals surface area contributed by atoms with E-state index in [1.807, 2.05) is 13.8 Å². The van der Waals surface area contributed by atoms with Gasteiger partial charge in [-0.3, -0.25) is 9.59 Å². The number of amides is 2. The number of hydrogen-bond acceptors (Lipinski definition) is 3. The predicted molar refractivity (Wildman–Crippen MR) is 83.3 cm³/mol. The largest absolute Gasteiger partial charge is 0.393 e. The van der Waals surface area contributed by atoms with Crippen LogP contribution in [-0.2, 0) is 16.0 Å². The molecular formula is C16H21F3N2O3. The highest BCUT2D eigenvalue weighted by molar-refractivity contribution is 6.39. The Kier molecular flexibility index (Phi) is 7.21. The molecule has 3 N–H and O–H groups in total. The lowest BCUT2D eigenvalue weighted by Crippen LogP contribution is -2.37. The van der Waals surface area contributed by atoms with Crippen LogP contribution in [0.3, 0.4) is 0 Å². The minimum Gasteiger partial charge on any atom is -0.393 e. The van der Waals surface area contributed by atoms with Crippen LogP contribution in [0.25, 0.3) is 0 Å². The highest BCUT2D eigenvalue weighted by Crippen LogP contribution is 2.25. The summed E-state index contributed by atoms with van der Waals surface area (Å²) in [7, 11) is 0. The highest BCUT2D eigenvalue weighted by atomic mass is 19.4. The fourth-order valence-corrected chi connectivity index (χ4v) is 1.94. The molecule has 1 atom stereocenters. The number of hydrogen-bond donors (Lipinski definition) is 3. The van der Waals surface area contributed by atoms with Crippen molar-refractivity contribution in [3.63, 3.8) is 0 Å². The molecule has 134 valence electrons. The molecule has 1 aromatic carbocycles. The highest BCUT2D eigenvalue weighted by Gasteiger charge is 2.29. The Morgan fingerprint density at radius 3 is 2.38 bits per heavy atom. The summed E-state index contributed by atoms with van der Waals surface area (Å²) < 4.78 is 37.5. The van der Waals surface area contributed by atoms with Crippen LogP contribution in [-0.4, -0.2) is 35.7 Å². The first-order valence-corrected chi connectivity index (χ1v) is 7.52. The summed E-state index contributed by atoms with van der Waals surface area (Å²) in [4.78, 5) is 23.4. The van der Waals surface area contributed by atoms with Gasteiger partial charge in [-0.15, -0.1) is 0 Å². The van der Waals surface area contributed by atoms with Crippen molar-refractivity contribution in [1.29, 1.82) is 0 Å². The molecule has 0 aromatic heterocycles. The zero-order chi connectivity index (χ0) is 18.3. The molecule has 1 rings (SSSR count). The van der Waals surface area contributed by atoms with Crippen LogP contribution in [0.2, 0.25) is 0 Å². The molecule has 0 saturated carbocycles. The van der Waals surface area contributed by atoms with Crippen molar-refractivity contribution < 1.29 is 27.9 Å². The van der Waals surface area contributed by atoms with Crippen LogP contribution in [0.4, 0.5) is 18.9 Å². The third kappa shape index (κ3) is 6.99. The summed E-state index contributed by atoms with van der Waals surface area (Å²) in [6, 6.07) is 5.42. The Balaban J connectivity index is 2.60. The quantitative estimate of drug-likeness (QED) is 0.692. The Morgan fingerprint density at radius 2 is 1.79 bits per heavy atom. The second-order valence-electron chi connectivity index (χ2n) is 5.76. The van der Waals surface area contributed by atoms with Crippen molar-refractivity contribution in [1.82, 2.24) is 5.32 Å². The maximum Gasteiger partial charge on any atom is 0.393 e. The number of aliphatic hydroxyl groups excluding tert-OH is 1. The van der Waals surface area contributed by atoms with Crippen LogP contribution in [0.5, 0.6) is 0 Å². The molecule has 0 heterocycles. The van der Waals surface area contributed by atoms with Crippen molar-refractivity contribution in [2.45, 2.75) is 39.0 Å². The molecule has 0 radical (unpaired) electrons. The first kappa shape index (κ1) is 20.0. The van der Waals surface area contributed by atoms with Gasteiger partial charge in [-0.05, 0) is 24.0 Å². The van der Waals surface area contributed by atoms with E-state index in [0.717, 1.165) is 0 Å². The third-order valence-electron chi connectivity index (χ3n) is 3.36. The van der Waals surface area contributed by atoms with Crippen molar-refractivity contribution in [3.8, 4) is 0 Å². The number of aliphatic hydroxyl groups is 1. The van der Waals surface area contributed by atoms with Gasteiger partial charge in [0.15, 0.2) is 0 Å². The first-order valence-electron chi connectivity index (χ1n) is 7.52. The summed E-state index contributed by atoms with van der Waals surface area (Å²) in [6.07, 6.45) is -5.95. The third-order valence-corrected chi connectivity index (χ3v) is 3.36. The van der Waals surface area contributed by atoms with E-state index in [0.29, 0.717) is 0 Å². The zero-order valence-corrected chi connectivity index (χ0v) is 13.5. The lowest BCUT2D eigenvalue weighted by atomic mass is 10.0. The topological polar surface area (TPSA) is 78.4 Å². The molecule has 0 saturated heterocycles. The number of para-hydroxylation sites is 1. The number of carbonyl (C=O) groups excluding carboxylic acids is 2. The average Bonchev–Trinajstić information content (AvgIpc) is 2.47. The number of anilines is 1. The van der Waals surface area contributed by atoms with Gasteiger partial charge in [0.2, 0.25) is 0 Å². The van der Waals surface area contributed by atoms with E-state index < -0.39 is 30.5 Å². The van der Waals surface area contributed by atoms with Crippen molar-refractivity contribution in [2.75, 3.05) is 11.9 Å². The van der Waals surface area contributed by atoms with E-state index in [-0.39, 0.29) is 30.1 Å². The van der Waals surface area contributed by atoms with E-state index >= 15 is 0 Å². The summed E-state index contributed by atoms with van der Waals surface area (Å²) >= 11 is 0. The van der Waals surface area contributed by atoms with Gasteiger partial charge in [0.25, 0.3) is 0 Å². The molecule has 8 heteroatoms. The van der Waals surface area contributed by atoms with Gasteiger partial charge < -0.3 is 15.7 Å². The predicted octanol–water partition coefficient (Wildman–Crippen LogP) is 2.25. The van der Waals surface area contributed by atoms with Crippen LogP contribution in [0.15, 0.2) is 24.3 Å². The molecule has 0 bridgehead atoms. The molecule has 0 aliphatic heterocycles. The van der Waals surface area contributed by atoms with E-state index in [1.54, 1.807) is 0 Å². The van der Waals surface area contributed by atoms with Crippen LogP contribution < -0.4 is 10.6 Å². The van der Waals surface area contributed by atoms with E-state index in [1.165, 1.54) is 24.3 Å². The minimum atomic E-state index is -4.42. The number of carbonyl (C=O) groups is 2. The van der Waals surface area contributed by atoms with Crippen LogP contribution in [0.1, 0.15) is 25.8 Å². The van der Waals surface area contributed by atoms with Gasteiger partial charge in [-0.1, -0.05) is 32.0 Å². The van der Waals surface area contributed by atoms with Gasteiger partial charge in [-0.2, -0.15) is 13.2 Å². The van der Waals surface area contributed by atoms with E-state index in [4.69, 9.17) is 0 Å². The molecule has 0 spiro atoms. The van der Waals surface area contributed by atoms with Crippen LogP contribution >= 0.6 is 0 Å². The summed E-state index contributed by atoms with van der Waals surface area (Å²) in [6.45, 7) is 3.73. The summed E-state index contributed by atoms with van der Waals surface area (Å²) in [5.41, 5.74) is -0.182. The standard InChI is InChI=1S/C16H21F3N2O3/c1-10(2)13(22)7-8-20-14(23)15(24)21-12-6-4-3-5-11(12)9-16(17,18)19/h3-6,10,13,22H,7-9H2,1-2H3,(H,20,23)(H,21,24). The van der Waals surface area contributed by atoms with E-state index in [9.17, 15) is 27.9 Å². The molecule has 1 aromatic rings. The van der Waals surface area contributed by atoms with Crippen molar-refractivity contribution >= 4 is 17.5 Å². The first-order chi connectivity index (χ1) is 11.1. The monoisotopic (exact) mass is 346 g/mol. The number of alkyl halides is 3. The average molecular weight is 346 g/mol. The smallest absolute Gasteiger partial charge is 0.393 e. The second kappa shape index (κ2) is 8.68. The van der Waals surface area contributed by atoms with Crippen LogP contribution in [0, 0.1) is 5.92 Å². The zero-order valence-electron chi connectivity index (χ0n) is 13.5. The van der Waals surface area contributed by atoms with E-state index in [2.05, 4.69) is 10.6 Å². The van der Waals surface area contributed by atoms with Gasteiger partial charge in [-0.25, -0.2) is 0 Å². The van der Waals surface area contributed by atoms with Crippen molar-refractivity contribution in [3.05, 3.63) is 29.8 Å². The lowest BCUT2D eigenvalue weighted by Gasteiger charge is -2.15. The van der Waals surface area contributed by atoms with Gasteiger partial charge in [0.1, 0.15) is 0 Å². The SMILES string of the molecule is CC(C)C(O)CCNC(=O)C(=O)Nc1ccccc1CC(F)(F)F. The number of benzene rings is 1. The summed E-state index contributed by atoms with van der Waals surface area (Å²) in [5, 5.41) is 14.1. The maximum atomic E-state index is 12.5. The Morgan fingerprint density at radius 1 is 1.17 bits per heavy atom. The van der Waals surface area contributed by atoms with Gasteiger partial charge in [0.05, 0.1) is 12.5 Å². The molecule has 2 amide bonds. The lowest BCUT2D eigenvalue weighted by molar-refractivity contribution is -0.136. The molecule has 24 heavy (non-hydrogen) atoms.